The first-order valence-electron chi connectivity index (χ1n) is 4.38. The molecule has 0 atom stereocenters. The number of halogens is 1. The number of aromatic nitrogens is 2. The van der Waals surface area contributed by atoms with Crippen LogP contribution < -0.4 is 5.32 Å². The summed E-state index contributed by atoms with van der Waals surface area (Å²) in [5.74, 6) is 0.486. The van der Waals surface area contributed by atoms with Gasteiger partial charge in [-0.1, -0.05) is 6.07 Å². The molecule has 4 heteroatoms. The second kappa shape index (κ2) is 6.40. The van der Waals surface area contributed by atoms with Crippen LogP contribution in [0.3, 0.4) is 0 Å². The molecule has 0 aliphatic heterocycles. The number of alkyl halides is 1. The van der Waals surface area contributed by atoms with E-state index in [9.17, 15) is 0 Å². The van der Waals surface area contributed by atoms with Gasteiger partial charge in [-0.2, -0.15) is 18.1 Å². The summed E-state index contributed by atoms with van der Waals surface area (Å²) in [6.07, 6.45) is 7.23. The molecule has 3 nitrogen and oxygen atoms in total. The second-order valence-electron chi connectivity index (χ2n) is 2.67. The first-order valence-corrected chi connectivity index (χ1v) is 4.92. The van der Waals surface area contributed by atoms with Crippen molar-refractivity contribution in [2.75, 3.05) is 19.5 Å². The molecule has 1 heterocycles. The summed E-state index contributed by atoms with van der Waals surface area (Å²) in [7, 11) is 1.90. The Balaban J connectivity index is 2.77. The smallest absolute Gasteiger partial charge is 0.102 e. The van der Waals surface area contributed by atoms with Gasteiger partial charge in [0.25, 0.3) is 0 Å². The van der Waals surface area contributed by atoms with E-state index in [1.807, 2.05) is 25.6 Å². The monoisotopic (exact) mass is 210 g/mol. The first-order chi connectivity index (χ1) is 6.88. The predicted molar refractivity (Wildman–Crippen MR) is 59.0 cm³/mol. The molecule has 1 N–H and O–H groups in total. The van der Waals surface area contributed by atoms with E-state index in [1.54, 1.807) is 6.20 Å². The van der Waals surface area contributed by atoms with Gasteiger partial charge in [-0.05, 0) is 25.2 Å². The van der Waals surface area contributed by atoms with E-state index >= 15 is 0 Å². The van der Waals surface area contributed by atoms with E-state index in [-0.39, 0.29) is 0 Å². The maximum Gasteiger partial charge on any atom is 0.102 e. The summed E-state index contributed by atoms with van der Waals surface area (Å²) in [6.45, 7) is 0.798. The summed E-state index contributed by atoms with van der Waals surface area (Å²) < 4.78 is 0. The number of rotatable bonds is 5. The van der Waals surface area contributed by atoms with Crippen LogP contribution in [0.15, 0.2) is 24.7 Å². The summed E-state index contributed by atoms with van der Waals surface area (Å²) >= 11 is 5.66. The van der Waals surface area contributed by atoms with Crippen molar-refractivity contribution in [1.82, 2.24) is 15.3 Å². The molecule has 0 radical (unpaired) electrons. The zero-order valence-electron chi connectivity index (χ0n) is 8.07. The Morgan fingerprint density at radius 3 is 3.14 bits per heavy atom. The number of nitrogens with zero attached hydrogens (tertiary/aromatic N) is 2. The highest BCUT2D eigenvalue weighted by Gasteiger charge is 1.90. The third-order valence-corrected chi connectivity index (χ3v) is 1.86. The molecular formula is C10H13ClN3-. The molecule has 0 amide bonds. The summed E-state index contributed by atoms with van der Waals surface area (Å²) in [5, 5.41) is 3.04. The third-order valence-electron chi connectivity index (χ3n) is 1.70. The van der Waals surface area contributed by atoms with E-state index in [0.29, 0.717) is 5.88 Å². The lowest BCUT2D eigenvalue weighted by Crippen LogP contribution is -2.06. The van der Waals surface area contributed by atoms with Crippen LogP contribution in [0.5, 0.6) is 0 Å². The maximum atomic E-state index is 5.66. The fourth-order valence-corrected chi connectivity index (χ4v) is 1.22. The highest BCUT2D eigenvalue weighted by Crippen LogP contribution is 2.13. The molecule has 0 aliphatic rings. The normalized spacial score (nSPS) is 11.4. The number of likely N-dealkylation sites (N-methyl/N-ethyl adjacent to an activating group) is 1. The van der Waals surface area contributed by atoms with Gasteiger partial charge in [-0.15, -0.1) is 11.6 Å². The van der Waals surface area contributed by atoms with Crippen molar-refractivity contribution in [3.63, 3.8) is 0 Å². The lowest BCUT2D eigenvalue weighted by molar-refractivity contribution is 0.919. The molecular weight excluding hydrogens is 198 g/mol. The highest BCUT2D eigenvalue weighted by atomic mass is 35.5. The van der Waals surface area contributed by atoms with Crippen molar-refractivity contribution in [2.24, 2.45) is 0 Å². The predicted octanol–water partition coefficient (Wildman–Crippen LogP) is 1.52. The van der Waals surface area contributed by atoms with Crippen LogP contribution in [0.1, 0.15) is 5.69 Å². The van der Waals surface area contributed by atoms with Gasteiger partial charge in [0.15, 0.2) is 0 Å². The Morgan fingerprint density at radius 1 is 1.71 bits per heavy atom. The zero-order valence-corrected chi connectivity index (χ0v) is 8.83. The van der Waals surface area contributed by atoms with Gasteiger partial charge in [-0.3, -0.25) is 0 Å². The minimum atomic E-state index is 0.486. The molecule has 0 saturated heterocycles. The lowest BCUT2D eigenvalue weighted by Gasteiger charge is -2.14. The van der Waals surface area contributed by atoms with Crippen LogP contribution in [0.25, 0.3) is 5.57 Å². The SMILES string of the molecule is CNC/C=C(\[CH-]CCl)c1ccncn1. The maximum absolute atomic E-state index is 5.66. The number of hydrogen-bond acceptors (Lipinski definition) is 3. The van der Waals surface area contributed by atoms with Gasteiger partial charge in [0.2, 0.25) is 0 Å². The molecule has 0 fully saturated rings. The van der Waals surface area contributed by atoms with Crippen LogP contribution in [-0.4, -0.2) is 29.4 Å². The van der Waals surface area contributed by atoms with E-state index in [2.05, 4.69) is 15.3 Å². The molecule has 14 heavy (non-hydrogen) atoms. The molecule has 0 bridgehead atoms. The van der Waals surface area contributed by atoms with E-state index in [4.69, 9.17) is 11.6 Å². The molecule has 0 saturated carbocycles. The zero-order chi connectivity index (χ0) is 10.2. The Morgan fingerprint density at radius 2 is 2.57 bits per heavy atom. The number of hydrogen-bond donors (Lipinski definition) is 1. The molecule has 0 unspecified atom stereocenters. The fourth-order valence-electron chi connectivity index (χ4n) is 1.05. The number of allylic oxidation sites excluding steroid dienone is 1. The van der Waals surface area contributed by atoms with Crippen molar-refractivity contribution in [3.05, 3.63) is 36.8 Å². The quantitative estimate of drug-likeness (QED) is 0.592. The Kier molecular flexibility index (Phi) is 5.04. The molecule has 0 aliphatic carbocycles. The van der Waals surface area contributed by atoms with Crippen LogP contribution in [0, 0.1) is 6.42 Å². The Labute approximate surface area is 89.2 Å². The van der Waals surface area contributed by atoms with Gasteiger partial charge >= 0.3 is 0 Å². The minimum absolute atomic E-state index is 0.486. The van der Waals surface area contributed by atoms with Crippen LogP contribution in [0.4, 0.5) is 0 Å². The molecule has 1 aromatic rings. The third kappa shape index (κ3) is 3.36. The summed E-state index contributed by atoms with van der Waals surface area (Å²) in [6, 6.07) is 1.87. The van der Waals surface area contributed by atoms with Gasteiger partial charge in [0.1, 0.15) is 6.33 Å². The Bertz CT molecular complexity index is 285. The van der Waals surface area contributed by atoms with Crippen molar-refractivity contribution >= 4 is 17.2 Å². The highest BCUT2D eigenvalue weighted by molar-refractivity contribution is 6.19. The topological polar surface area (TPSA) is 37.8 Å². The van der Waals surface area contributed by atoms with E-state index in [1.165, 1.54) is 6.33 Å². The van der Waals surface area contributed by atoms with Crippen LogP contribution in [0.2, 0.25) is 0 Å². The van der Waals surface area contributed by atoms with Crippen LogP contribution in [-0.2, 0) is 0 Å². The second-order valence-corrected chi connectivity index (χ2v) is 2.98. The van der Waals surface area contributed by atoms with Gasteiger partial charge in [0, 0.05) is 6.20 Å². The van der Waals surface area contributed by atoms with E-state index < -0.39 is 0 Å². The van der Waals surface area contributed by atoms with Gasteiger partial charge < -0.3 is 10.3 Å². The molecule has 1 rings (SSSR count). The fraction of sp³-hybridized carbons (Fsp3) is 0.300. The Hall–Kier alpha value is -1.06. The molecule has 76 valence electrons. The minimum Gasteiger partial charge on any atom is -0.327 e. The largest absolute Gasteiger partial charge is 0.327 e. The number of nitrogens with one attached hydrogen (secondary N) is 1. The van der Waals surface area contributed by atoms with Gasteiger partial charge in [0.05, 0.1) is 0 Å². The lowest BCUT2D eigenvalue weighted by atomic mass is 10.1. The van der Waals surface area contributed by atoms with Gasteiger partial charge in [-0.25, -0.2) is 4.98 Å². The average Bonchev–Trinajstić information content (AvgIpc) is 2.25. The standard InChI is InChI=1S/C10H13ClN3/c1-12-6-3-9(2-5-11)10-4-7-13-8-14-10/h2-4,7-8,12H,5-6H2,1H3/q-1/b9-3+. The van der Waals surface area contributed by atoms with Crippen molar-refractivity contribution in [2.45, 2.75) is 0 Å². The average molecular weight is 211 g/mol. The molecule has 1 aromatic heterocycles. The van der Waals surface area contributed by atoms with Crippen molar-refractivity contribution in [3.8, 4) is 0 Å². The van der Waals surface area contributed by atoms with Crippen molar-refractivity contribution in [1.29, 1.82) is 0 Å². The van der Waals surface area contributed by atoms with Crippen LogP contribution >= 0.6 is 11.6 Å². The first kappa shape index (κ1) is 11.0. The summed E-state index contributed by atoms with van der Waals surface area (Å²) in [5.41, 5.74) is 1.94. The summed E-state index contributed by atoms with van der Waals surface area (Å²) in [4.78, 5) is 8.02. The van der Waals surface area contributed by atoms with E-state index in [0.717, 1.165) is 17.8 Å². The van der Waals surface area contributed by atoms with Crippen molar-refractivity contribution < 1.29 is 0 Å². The molecule has 0 spiro atoms. The molecule has 0 aromatic carbocycles.